The lowest BCUT2D eigenvalue weighted by Gasteiger charge is -2.34. The zero-order chi connectivity index (χ0) is 23.3. The van der Waals surface area contributed by atoms with Crippen LogP contribution < -0.4 is 10.1 Å². The Labute approximate surface area is 195 Å². The number of benzene rings is 1. The van der Waals surface area contributed by atoms with Gasteiger partial charge in [-0.2, -0.15) is 0 Å². The molecule has 2 heterocycles. The van der Waals surface area contributed by atoms with Crippen molar-refractivity contribution in [2.45, 2.75) is 37.6 Å². The number of amides is 2. The van der Waals surface area contributed by atoms with Gasteiger partial charge in [0.1, 0.15) is 11.3 Å². The summed E-state index contributed by atoms with van der Waals surface area (Å²) in [5.74, 6) is 0.970. The van der Waals surface area contributed by atoms with Crippen LogP contribution in [0.3, 0.4) is 0 Å². The maximum absolute atomic E-state index is 13.5. The zero-order valence-electron chi connectivity index (χ0n) is 19.0. The predicted octanol–water partition coefficient (Wildman–Crippen LogP) is 3.26. The van der Waals surface area contributed by atoms with Crippen molar-refractivity contribution in [1.29, 1.82) is 5.41 Å². The molecule has 1 unspecified atom stereocenters. The van der Waals surface area contributed by atoms with Crippen LogP contribution >= 0.6 is 0 Å². The van der Waals surface area contributed by atoms with Gasteiger partial charge in [-0.3, -0.25) is 19.9 Å². The molecule has 2 aliphatic heterocycles. The fraction of sp³-hybridized carbons (Fsp3) is 0.423. The van der Waals surface area contributed by atoms with E-state index in [1.54, 1.807) is 4.90 Å². The van der Waals surface area contributed by atoms with Crippen molar-refractivity contribution in [2.75, 3.05) is 26.2 Å². The van der Waals surface area contributed by atoms with E-state index in [1.165, 1.54) is 0 Å². The summed E-state index contributed by atoms with van der Waals surface area (Å²) in [4.78, 5) is 29.4. The van der Waals surface area contributed by atoms with Crippen LogP contribution in [0.15, 0.2) is 66.8 Å². The number of hydrogen-bond acceptors (Lipinski definition) is 4. The number of piperidine rings is 1. The summed E-state index contributed by atoms with van der Waals surface area (Å²) in [6.45, 7) is 5.93. The van der Waals surface area contributed by atoms with E-state index in [-0.39, 0.29) is 30.3 Å². The van der Waals surface area contributed by atoms with Gasteiger partial charge in [-0.25, -0.2) is 0 Å². The molecular weight excluding hydrogens is 416 g/mol. The fourth-order valence-corrected chi connectivity index (χ4v) is 4.73. The average molecular weight is 449 g/mol. The maximum atomic E-state index is 13.5. The molecule has 0 bridgehead atoms. The van der Waals surface area contributed by atoms with Gasteiger partial charge < -0.3 is 15.0 Å². The molecule has 2 N–H and O–H groups in total. The molecule has 1 spiro atoms. The van der Waals surface area contributed by atoms with Gasteiger partial charge in [0.2, 0.25) is 0 Å². The molecular formula is C26H32N4O3. The highest BCUT2D eigenvalue weighted by Gasteiger charge is 2.50. The quantitative estimate of drug-likeness (QED) is 0.724. The topological polar surface area (TPSA) is 85.7 Å². The number of rotatable bonds is 5. The molecule has 2 amide bonds. The summed E-state index contributed by atoms with van der Waals surface area (Å²) in [5.41, 5.74) is -0.226. The van der Waals surface area contributed by atoms with Gasteiger partial charge in [0.15, 0.2) is 12.6 Å². The number of para-hydroxylation sites is 1. The van der Waals surface area contributed by atoms with E-state index in [4.69, 9.17) is 10.1 Å². The molecule has 7 nitrogen and oxygen atoms in total. The lowest BCUT2D eigenvalue weighted by atomic mass is 9.85. The van der Waals surface area contributed by atoms with Crippen molar-refractivity contribution in [3.8, 4) is 5.75 Å². The van der Waals surface area contributed by atoms with Crippen molar-refractivity contribution in [3.63, 3.8) is 0 Å². The van der Waals surface area contributed by atoms with Crippen LogP contribution in [-0.2, 0) is 9.59 Å². The Morgan fingerprint density at radius 1 is 1.21 bits per heavy atom. The molecule has 2 saturated heterocycles. The van der Waals surface area contributed by atoms with Gasteiger partial charge in [0.25, 0.3) is 11.8 Å². The average Bonchev–Trinajstić information content (AvgIpc) is 3.12. The van der Waals surface area contributed by atoms with Gasteiger partial charge in [-0.05, 0) is 55.7 Å². The molecule has 3 aliphatic rings. The first-order valence-electron chi connectivity index (χ1n) is 11.7. The van der Waals surface area contributed by atoms with E-state index < -0.39 is 5.54 Å². The number of ether oxygens (including phenoxy) is 1. The fourth-order valence-electron chi connectivity index (χ4n) is 4.73. The van der Waals surface area contributed by atoms with Gasteiger partial charge in [0.05, 0.1) is 0 Å². The third-order valence-electron chi connectivity index (χ3n) is 6.74. The van der Waals surface area contributed by atoms with E-state index in [0.29, 0.717) is 37.4 Å². The molecule has 7 heteroatoms. The van der Waals surface area contributed by atoms with Gasteiger partial charge in [0, 0.05) is 19.6 Å². The molecule has 4 rings (SSSR count). The van der Waals surface area contributed by atoms with E-state index in [2.05, 4.69) is 18.0 Å². The van der Waals surface area contributed by atoms with Gasteiger partial charge in [-0.1, -0.05) is 49.1 Å². The number of nitrogens with zero attached hydrogens (tertiary/aromatic N) is 2. The zero-order valence-corrected chi connectivity index (χ0v) is 19.0. The van der Waals surface area contributed by atoms with Crippen LogP contribution in [0.4, 0.5) is 0 Å². The van der Waals surface area contributed by atoms with Crippen LogP contribution in [0.2, 0.25) is 0 Å². The Kier molecular flexibility index (Phi) is 6.96. The second-order valence-electron chi connectivity index (χ2n) is 8.93. The number of allylic oxidation sites excluding steroid dienone is 3. The molecule has 1 aromatic carbocycles. The lowest BCUT2D eigenvalue weighted by molar-refractivity contribution is -0.135. The first kappa shape index (κ1) is 22.8. The summed E-state index contributed by atoms with van der Waals surface area (Å²) in [6, 6.07) is 9.33. The maximum Gasteiger partial charge on any atom is 0.260 e. The standard InChI is InChI=1S/C26H32N4O3/c1-20-10-6-3-2-4-9-15-26(20)24(32)30(25(27)28-26)18-21-13-16-29(17-14-21)23(31)19-33-22-11-7-5-8-12-22/h2-3,5-8,10-12,21H,1,4,9,13-19H2,(H2,27,28)/b3-2-,10-6-. The van der Waals surface area contributed by atoms with E-state index in [9.17, 15) is 9.59 Å². The third-order valence-corrected chi connectivity index (χ3v) is 6.74. The number of nitrogens with one attached hydrogen (secondary N) is 2. The van der Waals surface area contributed by atoms with Crippen molar-refractivity contribution in [2.24, 2.45) is 5.92 Å². The van der Waals surface area contributed by atoms with Crippen LogP contribution in [0.1, 0.15) is 32.1 Å². The SMILES string of the molecule is C=C1/C=C\C=C/CCCC12NC(=N)N(CC1CCN(C(=O)COc3ccccc3)CC1)C2=O. The predicted molar refractivity (Wildman–Crippen MR) is 128 cm³/mol. The largest absolute Gasteiger partial charge is 0.484 e. The molecule has 174 valence electrons. The van der Waals surface area contributed by atoms with Gasteiger partial charge >= 0.3 is 0 Å². The van der Waals surface area contributed by atoms with Crippen molar-refractivity contribution >= 4 is 17.8 Å². The molecule has 1 aromatic rings. The minimum atomic E-state index is -0.926. The number of carbonyl (C=O) groups is 2. The lowest BCUT2D eigenvalue weighted by Crippen LogP contribution is -2.48. The van der Waals surface area contributed by atoms with Crippen molar-refractivity contribution in [3.05, 3.63) is 66.8 Å². The molecule has 1 atom stereocenters. The normalized spacial score (nSPS) is 25.9. The van der Waals surface area contributed by atoms with Crippen LogP contribution in [0, 0.1) is 11.3 Å². The second-order valence-corrected chi connectivity index (χ2v) is 8.93. The van der Waals surface area contributed by atoms with Crippen molar-refractivity contribution in [1.82, 2.24) is 15.1 Å². The van der Waals surface area contributed by atoms with Crippen LogP contribution in [0.5, 0.6) is 5.75 Å². The number of likely N-dealkylation sites (tertiary alicyclic amines) is 1. The third kappa shape index (κ3) is 5.02. The highest BCUT2D eigenvalue weighted by atomic mass is 16.5. The monoisotopic (exact) mass is 448 g/mol. The van der Waals surface area contributed by atoms with Gasteiger partial charge in [-0.15, -0.1) is 0 Å². The number of hydrogen-bond donors (Lipinski definition) is 2. The summed E-state index contributed by atoms with van der Waals surface area (Å²) in [6.07, 6.45) is 11.8. The molecule has 0 saturated carbocycles. The van der Waals surface area contributed by atoms with E-state index >= 15 is 0 Å². The van der Waals surface area contributed by atoms with Crippen LogP contribution in [0.25, 0.3) is 0 Å². The van der Waals surface area contributed by atoms with Crippen molar-refractivity contribution < 1.29 is 14.3 Å². The minimum Gasteiger partial charge on any atom is -0.484 e. The summed E-state index contributed by atoms with van der Waals surface area (Å²) < 4.78 is 5.59. The Morgan fingerprint density at radius 2 is 1.97 bits per heavy atom. The smallest absolute Gasteiger partial charge is 0.260 e. The summed E-state index contributed by atoms with van der Waals surface area (Å²) >= 11 is 0. The summed E-state index contributed by atoms with van der Waals surface area (Å²) in [7, 11) is 0. The first-order chi connectivity index (χ1) is 16.0. The first-order valence-corrected chi connectivity index (χ1v) is 11.7. The minimum absolute atomic E-state index is 0.0230. The van der Waals surface area contributed by atoms with Crippen LogP contribution in [-0.4, -0.2) is 59.4 Å². The Bertz CT molecular complexity index is 963. The number of guanidine groups is 1. The second kappa shape index (κ2) is 10.1. The number of carbonyl (C=O) groups excluding carboxylic acids is 2. The highest BCUT2D eigenvalue weighted by Crippen LogP contribution is 2.33. The molecule has 2 fully saturated rings. The highest BCUT2D eigenvalue weighted by molar-refractivity contribution is 6.10. The molecule has 1 aliphatic carbocycles. The Morgan fingerprint density at radius 3 is 2.73 bits per heavy atom. The van der Waals surface area contributed by atoms with E-state index in [0.717, 1.165) is 25.7 Å². The molecule has 33 heavy (non-hydrogen) atoms. The molecule has 0 aromatic heterocycles. The summed E-state index contributed by atoms with van der Waals surface area (Å²) in [5, 5.41) is 11.6. The van der Waals surface area contributed by atoms with E-state index in [1.807, 2.05) is 53.5 Å². The Balaban J connectivity index is 1.31. The Hall–Kier alpha value is -3.35. The molecule has 0 radical (unpaired) electrons.